The summed E-state index contributed by atoms with van der Waals surface area (Å²) in [5, 5.41) is 9.01. The van der Waals surface area contributed by atoms with Crippen molar-refractivity contribution < 1.29 is 19.4 Å². The summed E-state index contributed by atoms with van der Waals surface area (Å²) in [7, 11) is 0. The minimum Gasteiger partial charge on any atom is -0.481 e. The van der Waals surface area contributed by atoms with Crippen LogP contribution in [0.15, 0.2) is 0 Å². The molecule has 15 heavy (non-hydrogen) atoms. The maximum atomic E-state index is 11.5. The lowest BCUT2D eigenvalue weighted by Crippen LogP contribution is -2.26. The van der Waals surface area contributed by atoms with Gasteiger partial charge in [0.2, 0.25) is 0 Å². The number of esters is 1. The smallest absolute Gasteiger partial charge is 0.309 e. The second-order valence-corrected chi connectivity index (χ2v) is 4.05. The molecule has 0 spiro atoms. The summed E-state index contributed by atoms with van der Waals surface area (Å²) in [6, 6.07) is 0. The minimum absolute atomic E-state index is 0.318. The summed E-state index contributed by atoms with van der Waals surface area (Å²) < 4.78 is 4.90. The van der Waals surface area contributed by atoms with Gasteiger partial charge in [-0.1, -0.05) is 13.3 Å². The number of ether oxygens (including phenoxy) is 1. The van der Waals surface area contributed by atoms with Gasteiger partial charge in [0.05, 0.1) is 18.4 Å². The monoisotopic (exact) mass is 214 g/mol. The summed E-state index contributed by atoms with van der Waals surface area (Å²) in [5.41, 5.74) is 0. The zero-order chi connectivity index (χ0) is 11.4. The molecule has 0 aromatic carbocycles. The van der Waals surface area contributed by atoms with E-state index >= 15 is 0 Å². The van der Waals surface area contributed by atoms with Crippen LogP contribution in [0.5, 0.6) is 0 Å². The molecule has 1 saturated carbocycles. The van der Waals surface area contributed by atoms with Gasteiger partial charge in [0.15, 0.2) is 0 Å². The van der Waals surface area contributed by atoms with Gasteiger partial charge in [-0.25, -0.2) is 0 Å². The lowest BCUT2D eigenvalue weighted by molar-refractivity contribution is -0.156. The molecule has 1 aliphatic rings. The summed E-state index contributed by atoms with van der Waals surface area (Å²) in [6.45, 7) is 4.08. The van der Waals surface area contributed by atoms with Crippen molar-refractivity contribution in [3.05, 3.63) is 0 Å². The van der Waals surface area contributed by atoms with E-state index in [9.17, 15) is 9.59 Å². The molecule has 4 nitrogen and oxygen atoms in total. The van der Waals surface area contributed by atoms with Gasteiger partial charge in [0.1, 0.15) is 0 Å². The van der Waals surface area contributed by atoms with Crippen LogP contribution in [-0.4, -0.2) is 23.7 Å². The van der Waals surface area contributed by atoms with Crippen LogP contribution in [0.1, 0.15) is 33.1 Å². The Morgan fingerprint density at radius 3 is 2.33 bits per heavy atom. The molecule has 1 aliphatic carbocycles. The fourth-order valence-corrected chi connectivity index (χ4v) is 2.26. The molecular weight excluding hydrogens is 196 g/mol. The molecular formula is C11H18O4. The fraction of sp³-hybridized carbons (Fsp3) is 0.818. The van der Waals surface area contributed by atoms with Crippen LogP contribution in [-0.2, 0) is 14.3 Å². The first-order chi connectivity index (χ1) is 7.10. The van der Waals surface area contributed by atoms with E-state index in [2.05, 4.69) is 0 Å². The molecule has 0 aromatic rings. The zero-order valence-corrected chi connectivity index (χ0v) is 9.23. The third kappa shape index (κ3) is 2.70. The first-order valence-electron chi connectivity index (χ1n) is 5.49. The highest BCUT2D eigenvalue weighted by atomic mass is 16.5. The Morgan fingerprint density at radius 2 is 1.87 bits per heavy atom. The number of carboxylic acids is 1. The predicted molar refractivity (Wildman–Crippen MR) is 54.3 cm³/mol. The number of rotatable bonds is 4. The van der Waals surface area contributed by atoms with Gasteiger partial charge in [-0.2, -0.15) is 0 Å². The number of carbonyl (C=O) groups is 2. The molecule has 0 amide bonds. The molecule has 1 fully saturated rings. The molecule has 0 heterocycles. The largest absolute Gasteiger partial charge is 0.481 e. The van der Waals surface area contributed by atoms with E-state index in [0.717, 1.165) is 6.42 Å². The number of hydrogen-bond donors (Lipinski definition) is 1. The standard InChI is InChI=1S/C11H18O4/c1-3-7-5-8(10(12)13)9(6-7)11(14)15-4-2/h7-9H,3-6H2,1-2H3,(H,12,13)/t7?,8-,9+/m1/s1. The molecule has 1 N–H and O–H groups in total. The van der Waals surface area contributed by atoms with Crippen molar-refractivity contribution in [1.29, 1.82) is 0 Å². The lowest BCUT2D eigenvalue weighted by Gasteiger charge is -2.13. The maximum Gasteiger partial charge on any atom is 0.309 e. The van der Waals surface area contributed by atoms with Crippen LogP contribution in [0.25, 0.3) is 0 Å². The first kappa shape index (κ1) is 12.0. The van der Waals surface area contributed by atoms with Crippen LogP contribution in [0.4, 0.5) is 0 Å². The third-order valence-corrected chi connectivity index (χ3v) is 3.14. The van der Waals surface area contributed by atoms with E-state index in [1.807, 2.05) is 6.92 Å². The molecule has 0 bridgehead atoms. The van der Waals surface area contributed by atoms with Crippen molar-refractivity contribution in [3.63, 3.8) is 0 Å². The molecule has 0 radical (unpaired) electrons. The van der Waals surface area contributed by atoms with Crippen LogP contribution in [0.3, 0.4) is 0 Å². The van der Waals surface area contributed by atoms with Crippen molar-refractivity contribution in [1.82, 2.24) is 0 Å². The summed E-state index contributed by atoms with van der Waals surface area (Å²) >= 11 is 0. The Labute approximate surface area is 89.6 Å². The van der Waals surface area contributed by atoms with E-state index in [4.69, 9.17) is 9.84 Å². The van der Waals surface area contributed by atoms with Gasteiger partial charge in [0, 0.05) is 0 Å². The molecule has 0 saturated heterocycles. The van der Waals surface area contributed by atoms with E-state index in [-0.39, 0.29) is 5.97 Å². The van der Waals surface area contributed by atoms with E-state index in [1.165, 1.54) is 0 Å². The predicted octanol–water partition coefficient (Wildman–Crippen LogP) is 1.69. The molecule has 0 aliphatic heterocycles. The molecule has 1 unspecified atom stereocenters. The number of aliphatic carboxylic acids is 1. The topological polar surface area (TPSA) is 63.6 Å². The normalized spacial score (nSPS) is 30.1. The molecule has 0 aromatic heterocycles. The van der Waals surface area contributed by atoms with Crippen molar-refractivity contribution in [2.45, 2.75) is 33.1 Å². The molecule has 4 heteroatoms. The fourth-order valence-electron chi connectivity index (χ4n) is 2.26. The van der Waals surface area contributed by atoms with E-state index in [1.54, 1.807) is 6.92 Å². The van der Waals surface area contributed by atoms with Gasteiger partial charge in [-0.05, 0) is 25.7 Å². The number of hydrogen-bond acceptors (Lipinski definition) is 3. The molecule has 1 rings (SSSR count). The molecule has 3 atom stereocenters. The van der Waals surface area contributed by atoms with Crippen molar-refractivity contribution >= 4 is 11.9 Å². The highest BCUT2D eigenvalue weighted by molar-refractivity contribution is 5.81. The van der Waals surface area contributed by atoms with Crippen LogP contribution < -0.4 is 0 Å². The SMILES string of the molecule is CCOC(=O)[C@H]1CC(CC)C[C@H]1C(=O)O. The van der Waals surface area contributed by atoms with Gasteiger partial charge in [-0.3, -0.25) is 9.59 Å². The average molecular weight is 214 g/mol. The number of carbonyl (C=O) groups excluding carboxylic acids is 1. The summed E-state index contributed by atoms with van der Waals surface area (Å²) in [6.07, 6.45) is 2.20. The minimum atomic E-state index is -0.871. The highest BCUT2D eigenvalue weighted by Crippen LogP contribution is 2.38. The Kier molecular flexibility index (Phi) is 4.12. The first-order valence-corrected chi connectivity index (χ1v) is 5.49. The van der Waals surface area contributed by atoms with Gasteiger partial charge in [-0.15, -0.1) is 0 Å². The van der Waals surface area contributed by atoms with Crippen LogP contribution >= 0.6 is 0 Å². The van der Waals surface area contributed by atoms with Crippen LogP contribution in [0.2, 0.25) is 0 Å². The lowest BCUT2D eigenvalue weighted by atomic mass is 9.96. The van der Waals surface area contributed by atoms with Gasteiger partial charge >= 0.3 is 11.9 Å². The Hall–Kier alpha value is -1.06. The summed E-state index contributed by atoms with van der Waals surface area (Å²) in [5.74, 6) is -1.85. The highest BCUT2D eigenvalue weighted by Gasteiger charge is 2.42. The van der Waals surface area contributed by atoms with Crippen LogP contribution in [0, 0.1) is 17.8 Å². The Balaban J connectivity index is 2.68. The second kappa shape index (κ2) is 5.14. The zero-order valence-electron chi connectivity index (χ0n) is 9.23. The van der Waals surface area contributed by atoms with E-state index < -0.39 is 17.8 Å². The van der Waals surface area contributed by atoms with Gasteiger partial charge in [0.25, 0.3) is 0 Å². The maximum absolute atomic E-state index is 11.5. The summed E-state index contributed by atoms with van der Waals surface area (Å²) in [4.78, 5) is 22.5. The molecule has 86 valence electrons. The van der Waals surface area contributed by atoms with Crippen molar-refractivity contribution in [3.8, 4) is 0 Å². The Bertz CT molecular complexity index is 249. The van der Waals surface area contributed by atoms with Gasteiger partial charge < -0.3 is 9.84 Å². The van der Waals surface area contributed by atoms with Crippen molar-refractivity contribution in [2.24, 2.45) is 17.8 Å². The third-order valence-electron chi connectivity index (χ3n) is 3.14. The van der Waals surface area contributed by atoms with E-state index in [0.29, 0.717) is 25.4 Å². The van der Waals surface area contributed by atoms with Crippen molar-refractivity contribution in [2.75, 3.05) is 6.61 Å². The number of carboxylic acid groups (broad SMARTS) is 1. The average Bonchev–Trinajstić information content (AvgIpc) is 2.61. The second-order valence-electron chi connectivity index (χ2n) is 4.05. The quantitative estimate of drug-likeness (QED) is 0.723. The Morgan fingerprint density at radius 1 is 1.27 bits per heavy atom.